The van der Waals surface area contributed by atoms with Gasteiger partial charge in [0.05, 0.1) is 0 Å². The molecule has 3 rings (SSSR count). The molecule has 1 aliphatic carbocycles. The Bertz CT molecular complexity index is 598. The van der Waals surface area contributed by atoms with Crippen LogP contribution in [0.3, 0.4) is 0 Å². The van der Waals surface area contributed by atoms with E-state index < -0.39 is 0 Å². The van der Waals surface area contributed by atoms with Crippen LogP contribution < -0.4 is 5.32 Å². The maximum absolute atomic E-state index is 9.80. The van der Waals surface area contributed by atoms with Crippen molar-refractivity contribution in [2.24, 2.45) is 0 Å². The molecule has 1 aromatic carbocycles. The summed E-state index contributed by atoms with van der Waals surface area (Å²) in [4.78, 5) is 8.79. The van der Waals surface area contributed by atoms with Crippen molar-refractivity contribution in [3.63, 3.8) is 0 Å². The van der Waals surface area contributed by atoms with Gasteiger partial charge in [0, 0.05) is 23.4 Å². The van der Waals surface area contributed by atoms with Crippen LogP contribution in [0.15, 0.2) is 30.6 Å². The summed E-state index contributed by atoms with van der Waals surface area (Å²) in [5.74, 6) is 1.24. The average molecular weight is 269 g/mol. The first kappa shape index (κ1) is 12.9. The van der Waals surface area contributed by atoms with E-state index in [1.54, 1.807) is 12.4 Å². The number of rotatable bonds is 3. The van der Waals surface area contributed by atoms with Crippen molar-refractivity contribution in [1.29, 1.82) is 0 Å². The highest BCUT2D eigenvalue weighted by Gasteiger charge is 2.14. The van der Waals surface area contributed by atoms with Crippen LogP contribution in [0, 0.1) is 0 Å². The van der Waals surface area contributed by atoms with Gasteiger partial charge in [0.2, 0.25) is 0 Å². The molecule has 0 amide bonds. The molecule has 4 nitrogen and oxygen atoms in total. The first-order valence-electron chi connectivity index (χ1n) is 7.18. The number of para-hydroxylation sites is 1. The van der Waals surface area contributed by atoms with Gasteiger partial charge < -0.3 is 10.4 Å². The van der Waals surface area contributed by atoms with E-state index in [1.165, 1.54) is 30.5 Å². The van der Waals surface area contributed by atoms with E-state index >= 15 is 0 Å². The van der Waals surface area contributed by atoms with Crippen molar-refractivity contribution in [2.75, 3.05) is 5.32 Å². The number of phenolic OH excluding ortho intramolecular Hbond substituents is 1. The minimum atomic E-state index is 0.320. The Hall–Kier alpha value is -2.10. The van der Waals surface area contributed by atoms with E-state index in [2.05, 4.69) is 15.3 Å². The van der Waals surface area contributed by atoms with Gasteiger partial charge in [0.1, 0.15) is 17.9 Å². The number of nitrogens with one attached hydrogen (secondary N) is 1. The third-order valence-electron chi connectivity index (χ3n) is 3.81. The predicted molar refractivity (Wildman–Crippen MR) is 78.7 cm³/mol. The Morgan fingerprint density at radius 3 is 2.80 bits per heavy atom. The topological polar surface area (TPSA) is 58.0 Å². The quantitative estimate of drug-likeness (QED) is 0.841. The predicted octanol–water partition coefficient (Wildman–Crippen LogP) is 3.06. The first-order valence-corrected chi connectivity index (χ1v) is 7.18. The molecule has 1 heterocycles. The lowest BCUT2D eigenvalue weighted by Gasteiger charge is -2.13. The van der Waals surface area contributed by atoms with Crippen LogP contribution >= 0.6 is 0 Å². The monoisotopic (exact) mass is 269 g/mol. The van der Waals surface area contributed by atoms with Crippen molar-refractivity contribution < 1.29 is 5.11 Å². The second-order valence-corrected chi connectivity index (χ2v) is 5.19. The number of anilines is 1. The number of nitrogens with zero attached hydrogens (tertiary/aromatic N) is 2. The highest BCUT2D eigenvalue weighted by Crippen LogP contribution is 2.25. The largest absolute Gasteiger partial charge is 0.508 e. The summed E-state index contributed by atoms with van der Waals surface area (Å²) < 4.78 is 0. The Balaban J connectivity index is 1.80. The maximum atomic E-state index is 9.80. The summed E-state index contributed by atoms with van der Waals surface area (Å²) >= 11 is 0. The van der Waals surface area contributed by atoms with Gasteiger partial charge in [-0.2, -0.15) is 0 Å². The molecule has 0 saturated heterocycles. The number of aromatic nitrogens is 2. The highest BCUT2D eigenvalue weighted by atomic mass is 16.3. The van der Waals surface area contributed by atoms with Crippen LogP contribution in [0.2, 0.25) is 0 Å². The molecule has 0 aliphatic heterocycles. The number of phenols is 1. The summed E-state index contributed by atoms with van der Waals surface area (Å²) in [6, 6.07) is 7.38. The van der Waals surface area contributed by atoms with Gasteiger partial charge in [0.15, 0.2) is 0 Å². The van der Waals surface area contributed by atoms with Gasteiger partial charge in [-0.3, -0.25) is 0 Å². The summed E-state index contributed by atoms with van der Waals surface area (Å²) in [5, 5.41) is 13.1. The molecule has 0 unspecified atom stereocenters. The molecule has 2 N–H and O–H groups in total. The zero-order chi connectivity index (χ0) is 13.8. The Morgan fingerprint density at radius 1 is 1.05 bits per heavy atom. The Kier molecular flexibility index (Phi) is 3.81. The lowest BCUT2D eigenvalue weighted by Crippen LogP contribution is -2.08. The summed E-state index contributed by atoms with van der Waals surface area (Å²) in [6.45, 7) is 0.579. The van der Waals surface area contributed by atoms with Gasteiger partial charge in [-0.25, -0.2) is 9.97 Å². The van der Waals surface area contributed by atoms with E-state index in [9.17, 15) is 5.11 Å². The van der Waals surface area contributed by atoms with Gasteiger partial charge in [-0.1, -0.05) is 24.6 Å². The number of hydrogen-bond donors (Lipinski definition) is 2. The maximum Gasteiger partial charge on any atom is 0.133 e. The zero-order valence-corrected chi connectivity index (χ0v) is 11.5. The number of fused-ring (bicyclic) bond motifs is 1. The molecular weight excluding hydrogens is 250 g/mol. The van der Waals surface area contributed by atoms with E-state index in [0.29, 0.717) is 12.3 Å². The average Bonchev–Trinajstić information content (AvgIpc) is 2.72. The standard InChI is InChI=1S/C16H19N3O/c20-15-9-5-4-6-12(15)10-17-16-13-7-2-1-3-8-14(13)18-11-19-16/h4-6,9,11,20H,1-3,7-8,10H2,(H,17,18,19). The van der Waals surface area contributed by atoms with Crippen LogP contribution in [0.5, 0.6) is 5.75 Å². The molecule has 104 valence electrons. The molecule has 0 saturated carbocycles. The first-order chi connectivity index (χ1) is 9.84. The van der Waals surface area contributed by atoms with Crippen LogP contribution in [0.1, 0.15) is 36.1 Å². The normalized spacial score (nSPS) is 14.4. The molecule has 0 bridgehead atoms. The van der Waals surface area contributed by atoms with Crippen LogP contribution in [0.4, 0.5) is 5.82 Å². The van der Waals surface area contributed by atoms with E-state index in [-0.39, 0.29) is 0 Å². The Labute approximate surface area is 118 Å². The second-order valence-electron chi connectivity index (χ2n) is 5.19. The zero-order valence-electron chi connectivity index (χ0n) is 11.5. The van der Waals surface area contributed by atoms with Crippen LogP contribution in [0.25, 0.3) is 0 Å². The van der Waals surface area contributed by atoms with Gasteiger partial charge in [0.25, 0.3) is 0 Å². The summed E-state index contributed by atoms with van der Waals surface area (Å²) in [7, 11) is 0. The second kappa shape index (κ2) is 5.90. The molecule has 4 heteroatoms. The fourth-order valence-corrected chi connectivity index (χ4v) is 2.69. The van der Waals surface area contributed by atoms with Crippen molar-refractivity contribution in [2.45, 2.75) is 38.6 Å². The molecule has 0 radical (unpaired) electrons. The molecule has 0 spiro atoms. The third kappa shape index (κ3) is 2.74. The smallest absolute Gasteiger partial charge is 0.133 e. The summed E-state index contributed by atoms with van der Waals surface area (Å²) in [5.41, 5.74) is 3.31. The minimum Gasteiger partial charge on any atom is -0.508 e. The lowest BCUT2D eigenvalue weighted by atomic mass is 10.1. The van der Waals surface area contributed by atoms with Crippen LogP contribution in [-0.2, 0) is 19.4 Å². The molecule has 0 fully saturated rings. The molecule has 1 aliphatic rings. The molecule has 20 heavy (non-hydrogen) atoms. The van der Waals surface area contributed by atoms with Crippen molar-refractivity contribution in [3.05, 3.63) is 47.4 Å². The third-order valence-corrected chi connectivity index (χ3v) is 3.81. The van der Waals surface area contributed by atoms with Crippen LogP contribution in [-0.4, -0.2) is 15.1 Å². The minimum absolute atomic E-state index is 0.320. The van der Waals surface area contributed by atoms with E-state index in [1.807, 2.05) is 18.2 Å². The number of benzene rings is 1. The van der Waals surface area contributed by atoms with Crippen molar-refractivity contribution >= 4 is 5.82 Å². The highest BCUT2D eigenvalue weighted by molar-refractivity contribution is 5.48. The molecule has 2 aromatic rings. The summed E-state index contributed by atoms with van der Waals surface area (Å²) in [6.07, 6.45) is 7.39. The van der Waals surface area contributed by atoms with Gasteiger partial charge >= 0.3 is 0 Å². The Morgan fingerprint density at radius 2 is 1.90 bits per heavy atom. The molecule has 1 aromatic heterocycles. The fraction of sp³-hybridized carbons (Fsp3) is 0.375. The number of hydrogen-bond acceptors (Lipinski definition) is 4. The van der Waals surface area contributed by atoms with Crippen molar-refractivity contribution in [3.8, 4) is 5.75 Å². The number of aryl methyl sites for hydroxylation is 1. The lowest BCUT2D eigenvalue weighted by molar-refractivity contribution is 0.469. The fourth-order valence-electron chi connectivity index (χ4n) is 2.69. The van der Waals surface area contributed by atoms with Crippen molar-refractivity contribution in [1.82, 2.24) is 9.97 Å². The number of aromatic hydroxyl groups is 1. The molecular formula is C16H19N3O. The van der Waals surface area contributed by atoms with Gasteiger partial charge in [-0.15, -0.1) is 0 Å². The SMILES string of the molecule is Oc1ccccc1CNc1ncnc2c1CCCCC2. The van der Waals surface area contributed by atoms with E-state index in [0.717, 1.165) is 24.2 Å². The molecule has 0 atom stereocenters. The van der Waals surface area contributed by atoms with Gasteiger partial charge in [-0.05, 0) is 31.7 Å². The van der Waals surface area contributed by atoms with E-state index in [4.69, 9.17) is 0 Å².